The monoisotopic (exact) mass is 383 g/mol. The predicted molar refractivity (Wildman–Crippen MR) is 111 cm³/mol. The molecular formula is C23H29NO4. The van der Waals surface area contributed by atoms with Crippen LogP contribution in [0.25, 0.3) is 0 Å². The molecule has 0 heterocycles. The van der Waals surface area contributed by atoms with Gasteiger partial charge in [0.2, 0.25) is 0 Å². The second kappa shape index (κ2) is 9.93. The van der Waals surface area contributed by atoms with Gasteiger partial charge in [0.25, 0.3) is 5.91 Å². The minimum absolute atomic E-state index is 0.272. The van der Waals surface area contributed by atoms with Gasteiger partial charge >= 0.3 is 5.97 Å². The van der Waals surface area contributed by atoms with Crippen molar-refractivity contribution in [3.63, 3.8) is 0 Å². The average molecular weight is 383 g/mol. The molecule has 0 saturated heterocycles. The first-order chi connectivity index (χ1) is 13.3. The van der Waals surface area contributed by atoms with Gasteiger partial charge in [-0.15, -0.1) is 0 Å². The van der Waals surface area contributed by atoms with Crippen molar-refractivity contribution in [3.8, 4) is 5.75 Å². The lowest BCUT2D eigenvalue weighted by Gasteiger charge is -2.16. The van der Waals surface area contributed by atoms with Crippen molar-refractivity contribution in [3.05, 3.63) is 59.2 Å². The second-order valence-corrected chi connectivity index (χ2v) is 7.55. The number of carbonyl (C=O) groups is 2. The van der Waals surface area contributed by atoms with E-state index in [-0.39, 0.29) is 18.4 Å². The molecule has 1 amide bonds. The van der Waals surface area contributed by atoms with E-state index in [1.165, 1.54) is 0 Å². The number of hydrogen-bond acceptors (Lipinski definition) is 4. The van der Waals surface area contributed by atoms with Gasteiger partial charge in [-0.3, -0.25) is 4.79 Å². The van der Waals surface area contributed by atoms with E-state index in [4.69, 9.17) is 9.47 Å². The number of amides is 1. The quantitative estimate of drug-likeness (QED) is 0.655. The number of rotatable bonds is 8. The highest BCUT2D eigenvalue weighted by atomic mass is 16.5. The van der Waals surface area contributed by atoms with Crippen molar-refractivity contribution in [1.82, 2.24) is 0 Å². The van der Waals surface area contributed by atoms with Crippen LogP contribution in [0.15, 0.2) is 42.5 Å². The summed E-state index contributed by atoms with van der Waals surface area (Å²) in [7, 11) is 0. The molecule has 0 fully saturated rings. The van der Waals surface area contributed by atoms with Crippen LogP contribution in [0.5, 0.6) is 5.75 Å². The highest BCUT2D eigenvalue weighted by Gasteiger charge is 2.14. The molecule has 2 aromatic rings. The standard InChI is InChI=1S/C23H29NO4/c1-15(2)13-27-19-11-9-18(10-12-19)23(26)28-14-21(25)24-22-17(5)7-6-8-20(22)16(3)4/h6-12,15-16H,13-14H2,1-5H3,(H,24,25). The fourth-order valence-electron chi connectivity index (χ4n) is 2.68. The molecule has 0 radical (unpaired) electrons. The molecular weight excluding hydrogens is 354 g/mol. The molecule has 0 aromatic heterocycles. The van der Waals surface area contributed by atoms with E-state index < -0.39 is 5.97 Å². The van der Waals surface area contributed by atoms with E-state index in [1.807, 2.05) is 25.1 Å². The molecule has 2 aromatic carbocycles. The summed E-state index contributed by atoms with van der Waals surface area (Å²) in [5.41, 5.74) is 3.19. The van der Waals surface area contributed by atoms with E-state index in [0.717, 1.165) is 16.8 Å². The van der Waals surface area contributed by atoms with Crippen LogP contribution in [0.4, 0.5) is 5.69 Å². The molecule has 2 rings (SSSR count). The Hall–Kier alpha value is -2.82. The summed E-state index contributed by atoms with van der Waals surface area (Å²) in [6.07, 6.45) is 0. The summed E-state index contributed by atoms with van der Waals surface area (Å²) in [6.45, 7) is 10.5. The summed E-state index contributed by atoms with van der Waals surface area (Å²) in [4.78, 5) is 24.4. The molecule has 0 unspecified atom stereocenters. The molecule has 1 N–H and O–H groups in total. The maximum atomic E-state index is 12.3. The lowest BCUT2D eigenvalue weighted by atomic mass is 9.98. The number of ether oxygens (including phenoxy) is 2. The normalized spacial score (nSPS) is 10.8. The van der Waals surface area contributed by atoms with E-state index in [9.17, 15) is 9.59 Å². The van der Waals surface area contributed by atoms with Crippen LogP contribution in [-0.2, 0) is 9.53 Å². The SMILES string of the molecule is Cc1cccc(C(C)C)c1NC(=O)COC(=O)c1ccc(OCC(C)C)cc1. The van der Waals surface area contributed by atoms with Gasteiger partial charge in [0, 0.05) is 5.69 Å². The fourth-order valence-corrected chi connectivity index (χ4v) is 2.68. The van der Waals surface area contributed by atoms with Crippen molar-refractivity contribution in [2.45, 2.75) is 40.5 Å². The van der Waals surface area contributed by atoms with E-state index in [1.54, 1.807) is 24.3 Å². The highest BCUT2D eigenvalue weighted by molar-refractivity contribution is 5.96. The Morgan fingerprint density at radius 1 is 1.00 bits per heavy atom. The van der Waals surface area contributed by atoms with E-state index >= 15 is 0 Å². The number of anilines is 1. The van der Waals surface area contributed by atoms with Gasteiger partial charge < -0.3 is 14.8 Å². The lowest BCUT2D eigenvalue weighted by molar-refractivity contribution is -0.119. The Kier molecular flexibility index (Phi) is 7.61. The fraction of sp³-hybridized carbons (Fsp3) is 0.391. The predicted octanol–water partition coefficient (Wildman–Crippen LogP) is 4.95. The third-order valence-corrected chi connectivity index (χ3v) is 4.20. The van der Waals surface area contributed by atoms with Crippen molar-refractivity contribution < 1.29 is 19.1 Å². The maximum Gasteiger partial charge on any atom is 0.338 e. The Morgan fingerprint density at radius 2 is 1.68 bits per heavy atom. The van der Waals surface area contributed by atoms with Gasteiger partial charge in [0.05, 0.1) is 12.2 Å². The van der Waals surface area contributed by atoms with Gasteiger partial charge in [-0.2, -0.15) is 0 Å². The number of benzene rings is 2. The topological polar surface area (TPSA) is 64.6 Å². The van der Waals surface area contributed by atoms with Gasteiger partial charge in [-0.05, 0) is 54.2 Å². The van der Waals surface area contributed by atoms with Crippen LogP contribution in [0, 0.1) is 12.8 Å². The number of carbonyl (C=O) groups excluding carboxylic acids is 2. The van der Waals surface area contributed by atoms with Crippen molar-refractivity contribution in [1.29, 1.82) is 0 Å². The van der Waals surface area contributed by atoms with Crippen LogP contribution in [-0.4, -0.2) is 25.1 Å². The minimum atomic E-state index is -0.542. The van der Waals surface area contributed by atoms with Crippen LogP contribution >= 0.6 is 0 Å². The first kappa shape index (κ1) is 21.5. The number of para-hydroxylation sites is 1. The van der Waals surface area contributed by atoms with Crippen LogP contribution in [0.1, 0.15) is 55.1 Å². The van der Waals surface area contributed by atoms with Crippen LogP contribution in [0.2, 0.25) is 0 Å². The first-order valence-electron chi connectivity index (χ1n) is 9.57. The summed E-state index contributed by atoms with van der Waals surface area (Å²) in [6, 6.07) is 12.6. The summed E-state index contributed by atoms with van der Waals surface area (Å²) >= 11 is 0. The maximum absolute atomic E-state index is 12.3. The summed E-state index contributed by atoms with van der Waals surface area (Å²) in [5.74, 6) is 0.492. The molecule has 28 heavy (non-hydrogen) atoms. The third-order valence-electron chi connectivity index (χ3n) is 4.20. The van der Waals surface area contributed by atoms with Crippen LogP contribution in [0.3, 0.4) is 0 Å². The minimum Gasteiger partial charge on any atom is -0.493 e. The lowest BCUT2D eigenvalue weighted by Crippen LogP contribution is -2.22. The number of hydrogen-bond donors (Lipinski definition) is 1. The van der Waals surface area contributed by atoms with Gasteiger partial charge in [0.1, 0.15) is 5.75 Å². The first-order valence-corrected chi connectivity index (χ1v) is 9.57. The highest BCUT2D eigenvalue weighted by Crippen LogP contribution is 2.27. The molecule has 150 valence electrons. The molecule has 0 atom stereocenters. The van der Waals surface area contributed by atoms with Gasteiger partial charge in [0.15, 0.2) is 6.61 Å². The largest absolute Gasteiger partial charge is 0.493 e. The van der Waals surface area contributed by atoms with Crippen molar-refractivity contribution >= 4 is 17.6 Å². The zero-order valence-electron chi connectivity index (χ0n) is 17.2. The van der Waals surface area contributed by atoms with E-state index in [0.29, 0.717) is 23.8 Å². The Labute approximate surface area is 167 Å². The molecule has 0 aliphatic heterocycles. The number of nitrogens with one attached hydrogen (secondary N) is 1. The molecule has 5 heteroatoms. The molecule has 0 spiro atoms. The van der Waals surface area contributed by atoms with Crippen LogP contribution < -0.4 is 10.1 Å². The zero-order valence-corrected chi connectivity index (χ0v) is 17.2. The van der Waals surface area contributed by atoms with Crippen molar-refractivity contribution in [2.24, 2.45) is 5.92 Å². The third kappa shape index (κ3) is 6.12. The summed E-state index contributed by atoms with van der Waals surface area (Å²) < 4.78 is 10.7. The van der Waals surface area contributed by atoms with Gasteiger partial charge in [-0.1, -0.05) is 45.9 Å². The number of esters is 1. The molecule has 0 saturated carbocycles. The average Bonchev–Trinajstić information content (AvgIpc) is 2.66. The Bertz CT molecular complexity index is 810. The molecule has 0 aliphatic carbocycles. The van der Waals surface area contributed by atoms with Gasteiger partial charge in [-0.25, -0.2) is 4.79 Å². The van der Waals surface area contributed by atoms with E-state index in [2.05, 4.69) is 33.0 Å². The molecule has 0 bridgehead atoms. The van der Waals surface area contributed by atoms with Crippen molar-refractivity contribution in [2.75, 3.05) is 18.5 Å². The number of aryl methyl sites for hydroxylation is 1. The smallest absolute Gasteiger partial charge is 0.338 e. The second-order valence-electron chi connectivity index (χ2n) is 7.55. The Morgan fingerprint density at radius 3 is 2.29 bits per heavy atom. The Balaban J connectivity index is 1.92. The molecule has 0 aliphatic rings. The summed E-state index contributed by atoms with van der Waals surface area (Å²) in [5, 5.41) is 2.87. The molecule has 5 nitrogen and oxygen atoms in total. The zero-order chi connectivity index (χ0) is 20.7.